The zero-order valence-corrected chi connectivity index (χ0v) is 10.4. The van der Waals surface area contributed by atoms with Crippen molar-refractivity contribution in [2.45, 2.75) is 18.9 Å². The number of carbonyl (C=O) groups is 1. The molecule has 88 valence electrons. The topological polar surface area (TPSA) is 63.3 Å². The van der Waals surface area contributed by atoms with Gasteiger partial charge in [0.15, 0.2) is 0 Å². The molecule has 4 nitrogen and oxygen atoms in total. The van der Waals surface area contributed by atoms with E-state index in [-0.39, 0.29) is 24.8 Å². The van der Waals surface area contributed by atoms with Crippen molar-refractivity contribution >= 4 is 18.4 Å². The van der Waals surface area contributed by atoms with E-state index >= 15 is 0 Å². The van der Waals surface area contributed by atoms with Crippen LogP contribution in [0.2, 0.25) is 0 Å². The second-order valence-corrected chi connectivity index (χ2v) is 4.10. The van der Waals surface area contributed by atoms with Gasteiger partial charge in [-0.3, -0.25) is 4.79 Å². The molecule has 0 rings (SSSR count). The lowest BCUT2D eigenvalue weighted by Crippen LogP contribution is -3.00. The minimum atomic E-state index is -0.906. The van der Waals surface area contributed by atoms with Crippen LogP contribution in [0.5, 0.6) is 0 Å². The van der Waals surface area contributed by atoms with Gasteiger partial charge in [-0.15, -0.1) is 12.4 Å². The van der Waals surface area contributed by atoms with Crippen molar-refractivity contribution in [2.24, 2.45) is 5.73 Å². The molecule has 0 aliphatic rings. The molecule has 0 spiro atoms. The summed E-state index contributed by atoms with van der Waals surface area (Å²) in [4.78, 5) is 10.3. The van der Waals surface area contributed by atoms with Crippen LogP contribution in [0.15, 0.2) is 0 Å². The monoisotopic (exact) mass is 246 g/mol. The van der Waals surface area contributed by atoms with Gasteiger partial charge in [0.05, 0.1) is 27.7 Å². The molecule has 0 amide bonds. The highest BCUT2D eigenvalue weighted by Crippen LogP contribution is 1.99. The number of hydrogen-bond donors (Lipinski definition) is 2. The molecular weight excluding hydrogens is 227 g/mol. The quantitative estimate of drug-likeness (QED) is 0.520. The molecule has 0 fully saturated rings. The summed E-state index contributed by atoms with van der Waals surface area (Å²) in [5.41, 5.74) is 5.34. The SMILES string of the molecule is C[N+](C)(C)CCC[C@H](N)C(=O)O.Cl.[Cl-]. The lowest BCUT2D eigenvalue weighted by molar-refractivity contribution is -0.870. The number of aliphatic carboxylic acids is 1. The van der Waals surface area contributed by atoms with Crippen molar-refractivity contribution in [1.29, 1.82) is 0 Å². The van der Waals surface area contributed by atoms with E-state index in [0.29, 0.717) is 6.42 Å². The summed E-state index contributed by atoms with van der Waals surface area (Å²) in [6, 6.07) is -0.698. The van der Waals surface area contributed by atoms with Gasteiger partial charge in [-0.2, -0.15) is 0 Å². The fourth-order valence-electron chi connectivity index (χ4n) is 0.909. The highest BCUT2D eigenvalue weighted by Gasteiger charge is 2.13. The van der Waals surface area contributed by atoms with E-state index in [1.165, 1.54) is 0 Å². The first kappa shape index (κ1) is 19.5. The molecule has 0 bridgehead atoms. The summed E-state index contributed by atoms with van der Waals surface area (Å²) >= 11 is 0. The van der Waals surface area contributed by atoms with E-state index < -0.39 is 12.0 Å². The van der Waals surface area contributed by atoms with Crippen molar-refractivity contribution < 1.29 is 26.8 Å². The molecule has 0 aromatic rings. The predicted molar refractivity (Wildman–Crippen MR) is 55.0 cm³/mol. The van der Waals surface area contributed by atoms with E-state index in [9.17, 15) is 4.79 Å². The smallest absolute Gasteiger partial charge is 0.320 e. The first-order chi connectivity index (χ1) is 5.33. The van der Waals surface area contributed by atoms with Gasteiger partial charge in [0.2, 0.25) is 0 Å². The van der Waals surface area contributed by atoms with E-state index in [1.54, 1.807) is 0 Å². The molecule has 0 saturated carbocycles. The van der Waals surface area contributed by atoms with Crippen LogP contribution in [0.25, 0.3) is 0 Å². The molecular formula is C8H20Cl2N2O2. The van der Waals surface area contributed by atoms with Crippen molar-refractivity contribution in [2.75, 3.05) is 27.7 Å². The van der Waals surface area contributed by atoms with E-state index in [4.69, 9.17) is 10.8 Å². The molecule has 0 unspecified atom stereocenters. The number of nitrogens with zero attached hydrogens (tertiary/aromatic N) is 1. The Hall–Kier alpha value is -0.0300. The molecule has 0 heterocycles. The van der Waals surface area contributed by atoms with Crippen molar-refractivity contribution in [3.63, 3.8) is 0 Å². The second kappa shape index (κ2) is 8.29. The standard InChI is InChI=1S/C8H18N2O2.2ClH/c1-10(2,3)6-4-5-7(9)8(11)12;;/h7H,4-6,9H2,1-3H3;2*1H/t7-;;/m0../s1. The van der Waals surface area contributed by atoms with Crippen molar-refractivity contribution in [1.82, 2.24) is 0 Å². The fourth-order valence-corrected chi connectivity index (χ4v) is 0.909. The van der Waals surface area contributed by atoms with Crippen LogP contribution in [-0.4, -0.2) is 49.3 Å². The Labute approximate surface area is 97.9 Å². The van der Waals surface area contributed by atoms with Gasteiger partial charge >= 0.3 is 5.97 Å². The summed E-state index contributed by atoms with van der Waals surface area (Å²) in [5, 5.41) is 8.48. The van der Waals surface area contributed by atoms with Gasteiger partial charge in [0, 0.05) is 0 Å². The Bertz CT molecular complexity index is 160. The molecule has 0 aromatic heterocycles. The highest BCUT2D eigenvalue weighted by molar-refractivity contribution is 5.85. The minimum Gasteiger partial charge on any atom is -1.00 e. The molecule has 0 aromatic carbocycles. The zero-order chi connectivity index (χ0) is 9.78. The van der Waals surface area contributed by atoms with E-state index in [2.05, 4.69) is 21.1 Å². The third-order valence-electron chi connectivity index (χ3n) is 1.66. The number of rotatable bonds is 5. The van der Waals surface area contributed by atoms with Crippen LogP contribution < -0.4 is 18.1 Å². The third kappa shape index (κ3) is 12.0. The largest absolute Gasteiger partial charge is 1.00 e. The molecule has 0 saturated heterocycles. The first-order valence-corrected chi connectivity index (χ1v) is 4.12. The fraction of sp³-hybridized carbons (Fsp3) is 0.875. The molecule has 0 aliphatic heterocycles. The summed E-state index contributed by atoms with van der Waals surface area (Å²) in [6.45, 7) is 0.959. The van der Waals surface area contributed by atoms with Crippen LogP contribution in [0.1, 0.15) is 12.8 Å². The Balaban J connectivity index is -0.000000605. The number of hydrogen-bond acceptors (Lipinski definition) is 2. The Morgan fingerprint density at radius 1 is 1.43 bits per heavy atom. The van der Waals surface area contributed by atoms with Crippen molar-refractivity contribution in [3.8, 4) is 0 Å². The maximum absolute atomic E-state index is 10.3. The molecule has 0 aliphatic carbocycles. The number of quaternary nitrogens is 1. The lowest BCUT2D eigenvalue weighted by Gasteiger charge is -2.23. The average Bonchev–Trinajstić information content (AvgIpc) is 1.84. The van der Waals surface area contributed by atoms with Crippen LogP contribution in [0.3, 0.4) is 0 Å². The van der Waals surface area contributed by atoms with Crippen LogP contribution in [0, 0.1) is 0 Å². The zero-order valence-electron chi connectivity index (χ0n) is 8.86. The first-order valence-electron chi connectivity index (χ1n) is 4.12. The van der Waals surface area contributed by atoms with Gasteiger partial charge in [-0.25, -0.2) is 0 Å². The summed E-state index contributed by atoms with van der Waals surface area (Å²) in [6.07, 6.45) is 1.42. The van der Waals surface area contributed by atoms with Crippen LogP contribution in [0.4, 0.5) is 0 Å². The minimum absolute atomic E-state index is 0. The third-order valence-corrected chi connectivity index (χ3v) is 1.66. The van der Waals surface area contributed by atoms with Crippen molar-refractivity contribution in [3.05, 3.63) is 0 Å². The van der Waals surface area contributed by atoms with Gasteiger partial charge in [0.1, 0.15) is 6.04 Å². The summed E-state index contributed by atoms with van der Waals surface area (Å²) in [5.74, 6) is -0.906. The average molecular weight is 247 g/mol. The Kier molecular flexibility index (Phi) is 11.6. The van der Waals surface area contributed by atoms with Crippen LogP contribution in [-0.2, 0) is 4.79 Å². The number of nitrogens with two attached hydrogens (primary N) is 1. The predicted octanol–water partition coefficient (Wildman–Crippen LogP) is -2.69. The normalized spacial score (nSPS) is 12.3. The van der Waals surface area contributed by atoms with Gasteiger partial charge in [-0.05, 0) is 12.8 Å². The van der Waals surface area contributed by atoms with E-state index in [0.717, 1.165) is 17.4 Å². The number of carboxylic acid groups (broad SMARTS) is 1. The highest BCUT2D eigenvalue weighted by atomic mass is 35.5. The number of carboxylic acids is 1. The molecule has 6 heteroatoms. The second-order valence-electron chi connectivity index (χ2n) is 4.10. The molecule has 0 radical (unpaired) electrons. The van der Waals surface area contributed by atoms with E-state index in [1.807, 2.05) is 0 Å². The Morgan fingerprint density at radius 3 is 2.14 bits per heavy atom. The number of halogens is 2. The van der Waals surface area contributed by atoms with Gasteiger partial charge < -0.3 is 27.7 Å². The Morgan fingerprint density at radius 2 is 1.86 bits per heavy atom. The molecule has 3 N–H and O–H groups in total. The summed E-state index contributed by atoms with van der Waals surface area (Å²) in [7, 11) is 6.23. The lowest BCUT2D eigenvalue weighted by atomic mass is 10.1. The summed E-state index contributed by atoms with van der Waals surface area (Å²) < 4.78 is 0.854. The molecule has 14 heavy (non-hydrogen) atoms. The van der Waals surface area contributed by atoms with Gasteiger partial charge in [-0.1, -0.05) is 0 Å². The van der Waals surface area contributed by atoms with Gasteiger partial charge in [0.25, 0.3) is 0 Å². The van der Waals surface area contributed by atoms with Crippen LogP contribution >= 0.6 is 12.4 Å². The maximum atomic E-state index is 10.3. The molecule has 1 atom stereocenters. The maximum Gasteiger partial charge on any atom is 0.320 e.